The summed E-state index contributed by atoms with van der Waals surface area (Å²) in [6.45, 7) is 2.26. The maximum atomic E-state index is 11.1. The van der Waals surface area contributed by atoms with Crippen molar-refractivity contribution in [2.45, 2.75) is 84.0 Å². The van der Waals surface area contributed by atoms with Crippen LogP contribution in [-0.2, 0) is 9.53 Å². The maximum absolute atomic E-state index is 11.1. The predicted molar refractivity (Wildman–Crippen MR) is 90.1 cm³/mol. The van der Waals surface area contributed by atoms with Crippen molar-refractivity contribution >= 4 is 21.9 Å². The summed E-state index contributed by atoms with van der Waals surface area (Å²) in [5, 5.41) is 0. The molecule has 0 radical (unpaired) electrons. The third-order valence-electron chi connectivity index (χ3n) is 3.51. The molecule has 0 N–H and O–H groups in total. The quantitative estimate of drug-likeness (QED) is 0.227. The average molecular weight is 347 g/mol. The third-order valence-corrected chi connectivity index (χ3v) is 4.16. The molecule has 20 heavy (non-hydrogen) atoms. The second kappa shape index (κ2) is 15.1. The summed E-state index contributed by atoms with van der Waals surface area (Å²) >= 11 is 3.22. The highest BCUT2D eigenvalue weighted by molar-refractivity contribution is 9.12. The average Bonchev–Trinajstić information content (AvgIpc) is 2.47. The van der Waals surface area contributed by atoms with Gasteiger partial charge < -0.3 is 4.74 Å². The van der Waals surface area contributed by atoms with Crippen LogP contribution in [0.5, 0.6) is 0 Å². The monoisotopic (exact) mass is 346 g/mol. The van der Waals surface area contributed by atoms with Gasteiger partial charge in [-0.05, 0) is 28.8 Å². The van der Waals surface area contributed by atoms with Gasteiger partial charge in [-0.25, -0.2) is 4.79 Å². The van der Waals surface area contributed by atoms with Crippen LogP contribution in [0.25, 0.3) is 0 Å². The Bertz CT molecular complexity index is 262. The highest BCUT2D eigenvalue weighted by atomic mass is 79.9. The summed E-state index contributed by atoms with van der Waals surface area (Å²) in [6.07, 6.45) is 17.7. The van der Waals surface area contributed by atoms with Gasteiger partial charge in [0.15, 0.2) is 0 Å². The van der Waals surface area contributed by atoms with Crippen LogP contribution in [0.15, 0.2) is 10.6 Å². The van der Waals surface area contributed by atoms with Crippen molar-refractivity contribution in [1.82, 2.24) is 0 Å². The minimum atomic E-state index is -0.284. The Morgan fingerprint density at radius 2 is 1.35 bits per heavy atom. The van der Waals surface area contributed by atoms with E-state index in [4.69, 9.17) is 0 Å². The molecule has 0 aliphatic carbocycles. The van der Waals surface area contributed by atoms with Crippen molar-refractivity contribution in [1.29, 1.82) is 0 Å². The molecule has 0 amide bonds. The molecule has 0 aromatic carbocycles. The highest BCUT2D eigenvalue weighted by Gasteiger charge is 2.03. The lowest BCUT2D eigenvalue weighted by Gasteiger charge is -2.02. The van der Waals surface area contributed by atoms with Gasteiger partial charge in [-0.15, -0.1) is 0 Å². The number of ether oxygens (including phenoxy) is 1. The summed E-state index contributed by atoms with van der Waals surface area (Å²) in [4.78, 5) is 11.1. The van der Waals surface area contributed by atoms with Crippen molar-refractivity contribution in [3.8, 4) is 0 Å². The first-order valence-electron chi connectivity index (χ1n) is 8.16. The molecule has 0 bridgehead atoms. The van der Waals surface area contributed by atoms with E-state index in [1.807, 2.05) is 6.08 Å². The van der Waals surface area contributed by atoms with Crippen LogP contribution in [-0.4, -0.2) is 13.1 Å². The van der Waals surface area contributed by atoms with Crippen LogP contribution >= 0.6 is 15.9 Å². The van der Waals surface area contributed by atoms with Crippen LogP contribution in [0.3, 0.4) is 0 Å². The van der Waals surface area contributed by atoms with E-state index in [2.05, 4.69) is 27.6 Å². The zero-order valence-electron chi connectivity index (χ0n) is 13.3. The van der Waals surface area contributed by atoms with Gasteiger partial charge in [0.05, 0.1) is 11.6 Å². The van der Waals surface area contributed by atoms with Gasteiger partial charge in [-0.3, -0.25) is 0 Å². The number of carbonyl (C=O) groups is 1. The minimum absolute atomic E-state index is 0.284. The molecule has 0 aliphatic heterocycles. The smallest absolute Gasteiger partial charge is 0.344 e. The molecule has 0 aromatic heterocycles. The van der Waals surface area contributed by atoms with E-state index in [-0.39, 0.29) is 5.97 Å². The largest absolute Gasteiger partial charge is 0.465 e. The van der Waals surface area contributed by atoms with E-state index in [0.29, 0.717) is 4.48 Å². The van der Waals surface area contributed by atoms with Crippen LogP contribution in [0.4, 0.5) is 0 Å². The van der Waals surface area contributed by atoms with Gasteiger partial charge in [0.1, 0.15) is 0 Å². The molecule has 0 unspecified atom stereocenters. The number of methoxy groups -OCH3 is 1. The van der Waals surface area contributed by atoms with Gasteiger partial charge in [-0.1, -0.05) is 77.2 Å². The van der Waals surface area contributed by atoms with Crippen molar-refractivity contribution < 1.29 is 9.53 Å². The number of hydrogen-bond donors (Lipinski definition) is 0. The molecule has 0 saturated heterocycles. The molecule has 0 aromatic rings. The fourth-order valence-corrected chi connectivity index (χ4v) is 2.61. The van der Waals surface area contributed by atoms with Gasteiger partial charge in [-0.2, -0.15) is 0 Å². The molecule has 0 heterocycles. The molecule has 0 spiro atoms. The van der Waals surface area contributed by atoms with Gasteiger partial charge in [0, 0.05) is 0 Å². The minimum Gasteiger partial charge on any atom is -0.465 e. The first-order valence-corrected chi connectivity index (χ1v) is 8.95. The number of carbonyl (C=O) groups excluding carboxylic acids is 1. The van der Waals surface area contributed by atoms with Crippen molar-refractivity contribution in [3.05, 3.63) is 10.6 Å². The predicted octanol–water partition coefficient (Wildman–Crippen LogP) is 6.14. The second-order valence-corrected chi connectivity index (χ2v) is 6.22. The first kappa shape index (κ1) is 19.7. The van der Waals surface area contributed by atoms with Crippen LogP contribution in [0.1, 0.15) is 84.0 Å². The summed E-state index contributed by atoms with van der Waals surface area (Å²) in [5.74, 6) is -0.284. The molecule has 0 aliphatic rings. The molecular formula is C17H31BrO2. The van der Waals surface area contributed by atoms with E-state index in [0.717, 1.165) is 12.8 Å². The second-order valence-electron chi connectivity index (χ2n) is 5.37. The summed E-state index contributed by atoms with van der Waals surface area (Å²) in [7, 11) is 1.40. The highest BCUT2D eigenvalue weighted by Crippen LogP contribution is 2.14. The number of halogens is 1. The van der Waals surface area contributed by atoms with Crippen LogP contribution in [0, 0.1) is 0 Å². The van der Waals surface area contributed by atoms with Crippen molar-refractivity contribution in [2.24, 2.45) is 0 Å². The Morgan fingerprint density at radius 1 is 0.900 bits per heavy atom. The SMILES string of the molecule is CCCCCCCCCCCCCC=C(Br)C(=O)OC. The van der Waals surface area contributed by atoms with E-state index in [1.165, 1.54) is 71.3 Å². The third kappa shape index (κ3) is 12.7. The molecule has 118 valence electrons. The lowest BCUT2D eigenvalue weighted by Crippen LogP contribution is -1.98. The van der Waals surface area contributed by atoms with Gasteiger partial charge in [0.25, 0.3) is 0 Å². The van der Waals surface area contributed by atoms with E-state index >= 15 is 0 Å². The van der Waals surface area contributed by atoms with Gasteiger partial charge >= 0.3 is 5.97 Å². The lowest BCUT2D eigenvalue weighted by atomic mass is 10.1. The zero-order valence-corrected chi connectivity index (χ0v) is 14.8. The standard InChI is InChI=1S/C17H31BrO2/c1-3-4-5-6-7-8-9-10-11-12-13-14-15-16(18)17(19)20-2/h15H,3-14H2,1-2H3. The Hall–Kier alpha value is -0.310. The molecule has 2 nitrogen and oxygen atoms in total. The lowest BCUT2D eigenvalue weighted by molar-refractivity contribution is -0.135. The summed E-state index contributed by atoms with van der Waals surface area (Å²) in [6, 6.07) is 0. The normalized spacial score (nSPS) is 11.7. The number of unbranched alkanes of at least 4 members (excludes halogenated alkanes) is 11. The van der Waals surface area contributed by atoms with Crippen LogP contribution in [0.2, 0.25) is 0 Å². The number of hydrogen-bond acceptors (Lipinski definition) is 2. The van der Waals surface area contributed by atoms with E-state index in [1.54, 1.807) is 0 Å². The number of esters is 1. The molecule has 0 saturated carbocycles. The van der Waals surface area contributed by atoms with Gasteiger partial charge in [0.2, 0.25) is 0 Å². The molecule has 0 atom stereocenters. The molecule has 0 rings (SSSR count). The molecule has 3 heteroatoms. The first-order chi connectivity index (χ1) is 9.72. The van der Waals surface area contributed by atoms with E-state index in [9.17, 15) is 4.79 Å². The number of rotatable bonds is 13. The Kier molecular flexibility index (Phi) is 14.9. The zero-order chi connectivity index (χ0) is 15.1. The topological polar surface area (TPSA) is 26.3 Å². The fourth-order valence-electron chi connectivity index (χ4n) is 2.22. The number of allylic oxidation sites excluding steroid dienone is 1. The molecular weight excluding hydrogens is 316 g/mol. The maximum Gasteiger partial charge on any atom is 0.344 e. The summed E-state index contributed by atoms with van der Waals surface area (Å²) < 4.78 is 5.16. The Labute approximate surface area is 133 Å². The van der Waals surface area contributed by atoms with Crippen molar-refractivity contribution in [3.63, 3.8) is 0 Å². The van der Waals surface area contributed by atoms with Crippen LogP contribution < -0.4 is 0 Å². The van der Waals surface area contributed by atoms with E-state index < -0.39 is 0 Å². The Balaban J connectivity index is 3.23. The summed E-state index contributed by atoms with van der Waals surface area (Å²) in [5.41, 5.74) is 0. The van der Waals surface area contributed by atoms with Crippen molar-refractivity contribution in [2.75, 3.05) is 7.11 Å². The Morgan fingerprint density at radius 3 is 1.80 bits per heavy atom. The fraction of sp³-hybridized carbons (Fsp3) is 0.824. The molecule has 0 fully saturated rings.